The molecular formula is C14H16N4S2. The highest BCUT2D eigenvalue weighted by Crippen LogP contribution is 2.22. The van der Waals surface area contributed by atoms with Crippen molar-refractivity contribution < 1.29 is 0 Å². The van der Waals surface area contributed by atoms with Gasteiger partial charge in [0.25, 0.3) is 0 Å². The van der Waals surface area contributed by atoms with Crippen LogP contribution in [0.3, 0.4) is 0 Å². The third-order valence-corrected chi connectivity index (χ3v) is 4.77. The molecule has 104 valence electrons. The Bertz CT molecular complexity index is 656. The number of nitrogens with zero attached hydrogens (tertiary/aromatic N) is 3. The fourth-order valence-electron chi connectivity index (χ4n) is 1.93. The molecule has 0 atom stereocenters. The highest BCUT2D eigenvalue weighted by atomic mass is 32.1. The van der Waals surface area contributed by atoms with E-state index in [1.165, 1.54) is 21.2 Å². The molecule has 0 aliphatic heterocycles. The van der Waals surface area contributed by atoms with E-state index in [2.05, 4.69) is 44.8 Å². The van der Waals surface area contributed by atoms with Crippen LogP contribution in [0.1, 0.15) is 24.2 Å². The van der Waals surface area contributed by atoms with Crippen molar-refractivity contribution in [3.63, 3.8) is 0 Å². The summed E-state index contributed by atoms with van der Waals surface area (Å²) in [6.45, 7) is 2.98. The van der Waals surface area contributed by atoms with Crippen LogP contribution in [0, 0.1) is 0 Å². The lowest BCUT2D eigenvalue weighted by molar-refractivity contribution is 0.854. The zero-order chi connectivity index (χ0) is 13.8. The molecule has 3 rings (SSSR count). The van der Waals surface area contributed by atoms with E-state index < -0.39 is 0 Å². The molecule has 0 bridgehead atoms. The molecule has 0 saturated heterocycles. The molecule has 6 heteroatoms. The lowest BCUT2D eigenvalue weighted by atomic mass is 10.3. The van der Waals surface area contributed by atoms with Crippen LogP contribution in [-0.2, 0) is 12.8 Å². The van der Waals surface area contributed by atoms with Gasteiger partial charge < -0.3 is 5.32 Å². The normalized spacial score (nSPS) is 11.1. The molecular weight excluding hydrogens is 288 g/mol. The maximum absolute atomic E-state index is 4.64. The molecule has 0 spiro atoms. The molecule has 2 heterocycles. The van der Waals surface area contributed by atoms with Gasteiger partial charge in [-0.2, -0.15) is 4.37 Å². The number of aromatic nitrogens is 3. The molecule has 0 aliphatic carbocycles. The number of aryl methyl sites for hydroxylation is 2. The Labute approximate surface area is 126 Å². The van der Waals surface area contributed by atoms with Gasteiger partial charge in [-0.15, -0.1) is 11.3 Å². The van der Waals surface area contributed by atoms with Gasteiger partial charge in [-0.05, 0) is 18.6 Å². The van der Waals surface area contributed by atoms with Crippen molar-refractivity contribution in [3.8, 4) is 0 Å². The van der Waals surface area contributed by atoms with Crippen LogP contribution >= 0.6 is 22.9 Å². The first-order valence-electron chi connectivity index (χ1n) is 6.76. The lowest BCUT2D eigenvalue weighted by Crippen LogP contribution is -2.02. The van der Waals surface area contributed by atoms with Gasteiger partial charge in [0.1, 0.15) is 5.82 Å². The van der Waals surface area contributed by atoms with E-state index in [1.54, 1.807) is 11.3 Å². The standard InChI is InChI=1S/C14H16N4S2/c1-2-12-17-14(20-18-12)15-9-5-8-13-16-10-6-3-4-7-11(10)19-13/h3-4,6-7H,2,5,8-9H2,1H3,(H,15,17,18). The third-order valence-electron chi connectivity index (χ3n) is 2.97. The summed E-state index contributed by atoms with van der Waals surface area (Å²) in [6.07, 6.45) is 2.95. The SMILES string of the molecule is CCc1nsc(NCCCc2nc3ccccc3s2)n1. The third kappa shape index (κ3) is 3.13. The highest BCUT2D eigenvalue weighted by molar-refractivity contribution is 7.18. The summed E-state index contributed by atoms with van der Waals surface area (Å²) in [5, 5.41) is 5.46. The fraction of sp³-hybridized carbons (Fsp3) is 0.357. The Hall–Kier alpha value is -1.53. The molecule has 0 amide bonds. The smallest absolute Gasteiger partial charge is 0.202 e. The summed E-state index contributed by atoms with van der Waals surface area (Å²) < 4.78 is 5.53. The van der Waals surface area contributed by atoms with Crippen molar-refractivity contribution in [2.75, 3.05) is 11.9 Å². The van der Waals surface area contributed by atoms with E-state index in [0.717, 1.165) is 42.3 Å². The molecule has 0 aliphatic rings. The van der Waals surface area contributed by atoms with Crippen molar-refractivity contribution in [2.24, 2.45) is 0 Å². The topological polar surface area (TPSA) is 50.7 Å². The number of anilines is 1. The van der Waals surface area contributed by atoms with Crippen molar-refractivity contribution in [1.82, 2.24) is 14.3 Å². The molecule has 1 aromatic carbocycles. The van der Waals surface area contributed by atoms with E-state index in [1.807, 2.05) is 6.07 Å². The Balaban J connectivity index is 1.49. The van der Waals surface area contributed by atoms with E-state index in [9.17, 15) is 0 Å². The molecule has 0 saturated carbocycles. The molecule has 2 aromatic heterocycles. The zero-order valence-corrected chi connectivity index (χ0v) is 12.9. The zero-order valence-electron chi connectivity index (χ0n) is 11.3. The summed E-state index contributed by atoms with van der Waals surface area (Å²) in [4.78, 5) is 9.03. The van der Waals surface area contributed by atoms with Gasteiger partial charge in [0, 0.05) is 30.9 Å². The van der Waals surface area contributed by atoms with Crippen LogP contribution in [0.4, 0.5) is 5.13 Å². The monoisotopic (exact) mass is 304 g/mol. The van der Waals surface area contributed by atoms with E-state index in [0.29, 0.717) is 0 Å². The predicted molar refractivity (Wildman–Crippen MR) is 85.7 cm³/mol. The molecule has 1 N–H and O–H groups in total. The van der Waals surface area contributed by atoms with Crippen LogP contribution in [0.5, 0.6) is 0 Å². The number of hydrogen-bond donors (Lipinski definition) is 1. The molecule has 4 nitrogen and oxygen atoms in total. The summed E-state index contributed by atoms with van der Waals surface area (Å²) in [6, 6.07) is 8.30. The summed E-state index contributed by atoms with van der Waals surface area (Å²) >= 11 is 3.23. The number of hydrogen-bond acceptors (Lipinski definition) is 6. The molecule has 0 fully saturated rings. The van der Waals surface area contributed by atoms with Crippen molar-refractivity contribution in [1.29, 1.82) is 0 Å². The van der Waals surface area contributed by atoms with Crippen LogP contribution in [-0.4, -0.2) is 20.9 Å². The van der Waals surface area contributed by atoms with Gasteiger partial charge in [-0.3, -0.25) is 0 Å². The Morgan fingerprint density at radius 3 is 2.90 bits per heavy atom. The van der Waals surface area contributed by atoms with E-state index in [-0.39, 0.29) is 0 Å². The van der Waals surface area contributed by atoms with Gasteiger partial charge in [0.2, 0.25) is 5.13 Å². The first-order chi connectivity index (χ1) is 9.85. The van der Waals surface area contributed by atoms with Gasteiger partial charge in [0.05, 0.1) is 15.2 Å². The lowest BCUT2D eigenvalue weighted by Gasteiger charge is -1.99. The van der Waals surface area contributed by atoms with Gasteiger partial charge >= 0.3 is 0 Å². The molecule has 20 heavy (non-hydrogen) atoms. The maximum atomic E-state index is 4.64. The Morgan fingerprint density at radius 2 is 2.10 bits per heavy atom. The largest absolute Gasteiger partial charge is 0.360 e. The number of thiazole rings is 1. The average Bonchev–Trinajstić information content (AvgIpc) is 3.09. The van der Waals surface area contributed by atoms with Crippen LogP contribution in [0.25, 0.3) is 10.2 Å². The summed E-state index contributed by atoms with van der Waals surface area (Å²) in [5.74, 6) is 0.920. The second kappa shape index (κ2) is 6.28. The predicted octanol–water partition coefficient (Wildman–Crippen LogP) is 3.75. The average molecular weight is 304 g/mol. The number of rotatable bonds is 6. The van der Waals surface area contributed by atoms with Crippen LogP contribution in [0.15, 0.2) is 24.3 Å². The number of para-hydroxylation sites is 1. The highest BCUT2D eigenvalue weighted by Gasteiger charge is 2.04. The summed E-state index contributed by atoms with van der Waals surface area (Å²) in [7, 11) is 0. The Kier molecular flexibility index (Phi) is 4.22. The van der Waals surface area contributed by atoms with Gasteiger partial charge in [0.15, 0.2) is 0 Å². The summed E-state index contributed by atoms with van der Waals surface area (Å²) in [5.41, 5.74) is 1.11. The van der Waals surface area contributed by atoms with Crippen molar-refractivity contribution in [3.05, 3.63) is 35.1 Å². The maximum Gasteiger partial charge on any atom is 0.202 e. The van der Waals surface area contributed by atoms with Crippen LogP contribution < -0.4 is 5.32 Å². The minimum atomic E-state index is 0.893. The fourth-order valence-corrected chi connectivity index (χ4v) is 3.61. The minimum absolute atomic E-state index is 0.893. The number of fused-ring (bicyclic) bond motifs is 1. The second-order valence-corrected chi connectivity index (χ2v) is 6.34. The number of benzene rings is 1. The van der Waals surface area contributed by atoms with E-state index in [4.69, 9.17) is 0 Å². The number of nitrogens with one attached hydrogen (secondary N) is 1. The van der Waals surface area contributed by atoms with Gasteiger partial charge in [-0.25, -0.2) is 9.97 Å². The van der Waals surface area contributed by atoms with E-state index >= 15 is 0 Å². The van der Waals surface area contributed by atoms with Crippen molar-refractivity contribution in [2.45, 2.75) is 26.2 Å². The quantitative estimate of drug-likeness (QED) is 0.705. The van der Waals surface area contributed by atoms with Gasteiger partial charge in [-0.1, -0.05) is 19.1 Å². The minimum Gasteiger partial charge on any atom is -0.360 e. The molecule has 0 radical (unpaired) electrons. The molecule has 3 aromatic rings. The second-order valence-electron chi connectivity index (χ2n) is 4.47. The molecule has 0 unspecified atom stereocenters. The van der Waals surface area contributed by atoms with Crippen molar-refractivity contribution >= 4 is 38.2 Å². The first kappa shape index (κ1) is 13.5. The van der Waals surface area contributed by atoms with Crippen LogP contribution in [0.2, 0.25) is 0 Å². The Morgan fingerprint density at radius 1 is 1.20 bits per heavy atom. The first-order valence-corrected chi connectivity index (χ1v) is 8.35.